The standard InChI is InChI=1S/C11H14N2OS2/c1-15-7-6-13-10(14)8-16-11(13)9-2-4-12-5-3-9/h2-5,11H,6-8H2,1H3. The summed E-state index contributed by atoms with van der Waals surface area (Å²) in [6, 6.07) is 3.98. The molecule has 2 heterocycles. The first kappa shape index (κ1) is 11.8. The lowest BCUT2D eigenvalue weighted by Crippen LogP contribution is -2.30. The Bertz CT molecular complexity index is 358. The van der Waals surface area contributed by atoms with Gasteiger partial charge in [-0.25, -0.2) is 0 Å². The van der Waals surface area contributed by atoms with Gasteiger partial charge in [-0.3, -0.25) is 9.78 Å². The van der Waals surface area contributed by atoms with E-state index in [1.807, 2.05) is 17.0 Å². The lowest BCUT2D eigenvalue weighted by molar-refractivity contribution is -0.127. The van der Waals surface area contributed by atoms with E-state index < -0.39 is 0 Å². The van der Waals surface area contributed by atoms with E-state index in [0.717, 1.165) is 12.3 Å². The number of amides is 1. The van der Waals surface area contributed by atoms with E-state index in [1.165, 1.54) is 5.56 Å². The van der Waals surface area contributed by atoms with Crippen molar-refractivity contribution in [2.45, 2.75) is 5.37 Å². The molecule has 0 saturated carbocycles. The van der Waals surface area contributed by atoms with E-state index in [4.69, 9.17) is 0 Å². The molecular weight excluding hydrogens is 240 g/mol. The Balaban J connectivity index is 2.11. The molecule has 0 aromatic carbocycles. The molecule has 1 saturated heterocycles. The largest absolute Gasteiger partial charge is 0.325 e. The number of carbonyl (C=O) groups is 1. The number of pyridine rings is 1. The number of aromatic nitrogens is 1. The molecule has 1 unspecified atom stereocenters. The van der Waals surface area contributed by atoms with E-state index in [-0.39, 0.29) is 11.3 Å². The highest BCUT2D eigenvalue weighted by Gasteiger charge is 2.31. The molecule has 1 aromatic heterocycles. The van der Waals surface area contributed by atoms with Crippen LogP contribution in [-0.2, 0) is 4.79 Å². The minimum absolute atomic E-state index is 0.183. The van der Waals surface area contributed by atoms with E-state index >= 15 is 0 Å². The lowest BCUT2D eigenvalue weighted by Gasteiger charge is -2.23. The molecule has 5 heteroatoms. The molecule has 0 radical (unpaired) electrons. The quantitative estimate of drug-likeness (QED) is 0.823. The lowest BCUT2D eigenvalue weighted by atomic mass is 10.2. The Morgan fingerprint density at radius 2 is 2.31 bits per heavy atom. The Kier molecular flexibility index (Phi) is 4.12. The maximum absolute atomic E-state index is 11.7. The van der Waals surface area contributed by atoms with Gasteiger partial charge in [0.05, 0.1) is 5.75 Å². The first-order valence-corrected chi connectivity index (χ1v) is 7.57. The minimum Gasteiger partial charge on any atom is -0.325 e. The molecule has 0 spiro atoms. The van der Waals surface area contributed by atoms with Gasteiger partial charge in [-0.2, -0.15) is 11.8 Å². The van der Waals surface area contributed by atoms with Gasteiger partial charge < -0.3 is 4.90 Å². The van der Waals surface area contributed by atoms with Crippen molar-refractivity contribution in [2.24, 2.45) is 0 Å². The van der Waals surface area contributed by atoms with Crippen LogP contribution in [0.1, 0.15) is 10.9 Å². The first-order valence-electron chi connectivity index (χ1n) is 5.13. The summed E-state index contributed by atoms with van der Waals surface area (Å²) in [5.74, 6) is 1.84. The van der Waals surface area contributed by atoms with Crippen LogP contribution in [-0.4, -0.2) is 40.1 Å². The fraction of sp³-hybridized carbons (Fsp3) is 0.455. The van der Waals surface area contributed by atoms with Crippen molar-refractivity contribution in [1.82, 2.24) is 9.88 Å². The van der Waals surface area contributed by atoms with Gasteiger partial charge in [-0.15, -0.1) is 11.8 Å². The van der Waals surface area contributed by atoms with Crippen molar-refractivity contribution in [3.8, 4) is 0 Å². The second kappa shape index (κ2) is 5.59. The van der Waals surface area contributed by atoms with Gasteiger partial charge in [0.2, 0.25) is 5.91 Å². The van der Waals surface area contributed by atoms with Crippen LogP contribution >= 0.6 is 23.5 Å². The number of rotatable bonds is 4. The number of hydrogen-bond donors (Lipinski definition) is 0. The molecule has 1 atom stereocenters. The second-order valence-corrected chi connectivity index (χ2v) is 5.58. The van der Waals surface area contributed by atoms with Crippen LogP contribution in [0.5, 0.6) is 0 Å². The average Bonchev–Trinajstić information content (AvgIpc) is 2.69. The molecule has 0 aliphatic carbocycles. The molecule has 86 valence electrons. The van der Waals surface area contributed by atoms with Crippen molar-refractivity contribution >= 4 is 29.4 Å². The van der Waals surface area contributed by atoms with E-state index in [2.05, 4.69) is 11.2 Å². The van der Waals surface area contributed by atoms with Crippen LogP contribution in [0.15, 0.2) is 24.5 Å². The predicted octanol–water partition coefficient (Wildman–Crippen LogP) is 2.02. The normalized spacial score (nSPS) is 20.4. The van der Waals surface area contributed by atoms with E-state index in [1.54, 1.807) is 35.9 Å². The highest BCUT2D eigenvalue weighted by molar-refractivity contribution is 8.00. The summed E-state index contributed by atoms with van der Waals surface area (Å²) in [5.41, 5.74) is 1.17. The Morgan fingerprint density at radius 3 is 3.00 bits per heavy atom. The van der Waals surface area contributed by atoms with E-state index in [0.29, 0.717) is 5.75 Å². The monoisotopic (exact) mass is 254 g/mol. The van der Waals surface area contributed by atoms with Crippen LogP contribution < -0.4 is 0 Å². The van der Waals surface area contributed by atoms with Crippen molar-refractivity contribution in [3.05, 3.63) is 30.1 Å². The molecule has 1 aromatic rings. The highest BCUT2D eigenvalue weighted by atomic mass is 32.2. The van der Waals surface area contributed by atoms with E-state index in [9.17, 15) is 4.79 Å². The molecule has 1 aliphatic heterocycles. The molecule has 1 aliphatic rings. The average molecular weight is 254 g/mol. The second-order valence-electron chi connectivity index (χ2n) is 3.52. The molecule has 3 nitrogen and oxygen atoms in total. The van der Waals surface area contributed by atoms with Crippen molar-refractivity contribution < 1.29 is 4.79 Å². The number of nitrogens with zero attached hydrogens (tertiary/aromatic N) is 2. The summed E-state index contributed by atoms with van der Waals surface area (Å²) < 4.78 is 0. The first-order chi connectivity index (χ1) is 7.83. The Labute approximate surface area is 104 Å². The molecule has 16 heavy (non-hydrogen) atoms. The van der Waals surface area contributed by atoms with Gasteiger partial charge in [-0.1, -0.05) is 0 Å². The third kappa shape index (κ3) is 2.52. The summed E-state index contributed by atoms with van der Waals surface area (Å²) in [4.78, 5) is 17.7. The minimum atomic E-state index is 0.183. The summed E-state index contributed by atoms with van der Waals surface area (Å²) in [6.07, 6.45) is 5.63. The van der Waals surface area contributed by atoms with Crippen LogP contribution in [0, 0.1) is 0 Å². The molecule has 0 N–H and O–H groups in total. The maximum atomic E-state index is 11.7. The van der Waals surface area contributed by atoms with Crippen LogP contribution in [0.3, 0.4) is 0 Å². The van der Waals surface area contributed by atoms with Crippen LogP contribution in [0.2, 0.25) is 0 Å². The van der Waals surface area contributed by atoms with Gasteiger partial charge in [0.25, 0.3) is 0 Å². The van der Waals surface area contributed by atoms with Gasteiger partial charge in [0.15, 0.2) is 0 Å². The van der Waals surface area contributed by atoms with Gasteiger partial charge in [-0.05, 0) is 24.0 Å². The fourth-order valence-electron chi connectivity index (χ4n) is 1.69. The molecule has 0 bridgehead atoms. The zero-order valence-electron chi connectivity index (χ0n) is 9.13. The van der Waals surface area contributed by atoms with Crippen molar-refractivity contribution in [3.63, 3.8) is 0 Å². The van der Waals surface area contributed by atoms with Gasteiger partial charge >= 0.3 is 0 Å². The number of carbonyl (C=O) groups excluding carboxylic acids is 1. The van der Waals surface area contributed by atoms with Crippen molar-refractivity contribution in [1.29, 1.82) is 0 Å². The fourth-order valence-corrected chi connectivity index (χ4v) is 3.29. The van der Waals surface area contributed by atoms with Crippen LogP contribution in [0.4, 0.5) is 0 Å². The Hall–Kier alpha value is -0.680. The van der Waals surface area contributed by atoms with Gasteiger partial charge in [0, 0.05) is 24.7 Å². The topological polar surface area (TPSA) is 33.2 Å². The third-order valence-corrected chi connectivity index (χ3v) is 4.34. The Morgan fingerprint density at radius 1 is 1.56 bits per heavy atom. The summed E-state index contributed by atoms with van der Waals surface area (Å²) in [5, 5.41) is 0.183. The van der Waals surface area contributed by atoms with Crippen molar-refractivity contribution in [2.75, 3.05) is 24.3 Å². The number of hydrogen-bond acceptors (Lipinski definition) is 4. The zero-order valence-corrected chi connectivity index (χ0v) is 10.8. The SMILES string of the molecule is CSCCN1C(=O)CSC1c1ccncc1. The summed E-state index contributed by atoms with van der Waals surface area (Å²) in [6.45, 7) is 0.833. The maximum Gasteiger partial charge on any atom is 0.233 e. The molecule has 1 fully saturated rings. The number of thioether (sulfide) groups is 2. The molecule has 1 amide bonds. The smallest absolute Gasteiger partial charge is 0.233 e. The third-order valence-electron chi connectivity index (χ3n) is 2.50. The zero-order chi connectivity index (χ0) is 11.4. The predicted molar refractivity (Wildman–Crippen MR) is 69.5 cm³/mol. The molecule has 2 rings (SSSR count). The van der Waals surface area contributed by atoms with Crippen LogP contribution in [0.25, 0.3) is 0 Å². The van der Waals surface area contributed by atoms with Gasteiger partial charge in [0.1, 0.15) is 5.37 Å². The molecular formula is C11H14N2OS2. The highest BCUT2D eigenvalue weighted by Crippen LogP contribution is 2.38. The summed E-state index contributed by atoms with van der Waals surface area (Å²) >= 11 is 3.47. The summed E-state index contributed by atoms with van der Waals surface area (Å²) in [7, 11) is 0.